The number of aromatic nitrogens is 5. The van der Waals surface area contributed by atoms with E-state index in [4.69, 9.17) is 0 Å². The molecule has 0 unspecified atom stereocenters. The van der Waals surface area contributed by atoms with Gasteiger partial charge in [-0.05, 0) is 24.8 Å². The van der Waals surface area contributed by atoms with E-state index in [2.05, 4.69) is 25.5 Å². The van der Waals surface area contributed by atoms with Crippen molar-refractivity contribution in [2.24, 2.45) is 5.92 Å². The molecule has 0 spiro atoms. The van der Waals surface area contributed by atoms with Crippen molar-refractivity contribution in [1.82, 2.24) is 24.7 Å². The highest BCUT2D eigenvalue weighted by Crippen LogP contribution is 2.40. The van der Waals surface area contributed by atoms with E-state index in [0.29, 0.717) is 16.7 Å². The Hall–Kier alpha value is -3.66. The second-order valence-corrected chi connectivity index (χ2v) is 9.54. The monoisotopic (exact) mass is 462 g/mol. The zero-order chi connectivity index (χ0) is 23.1. The molecule has 10 heteroatoms. The van der Waals surface area contributed by atoms with Gasteiger partial charge in [0.15, 0.2) is 5.65 Å². The minimum Gasteiger partial charge on any atom is -0.296 e. The highest BCUT2D eigenvalue weighted by atomic mass is 32.1. The van der Waals surface area contributed by atoms with Crippen LogP contribution in [-0.4, -0.2) is 30.6 Å². The van der Waals surface area contributed by atoms with Crippen molar-refractivity contribution in [3.8, 4) is 10.6 Å². The van der Waals surface area contributed by atoms with Crippen LogP contribution in [0.3, 0.4) is 0 Å². The molecule has 5 rings (SSSR count). The predicted molar refractivity (Wildman–Crippen MR) is 127 cm³/mol. The van der Waals surface area contributed by atoms with Gasteiger partial charge in [-0.2, -0.15) is 0 Å². The molecule has 2 N–H and O–H groups in total. The number of amides is 1. The molecule has 168 valence electrons. The van der Waals surface area contributed by atoms with Crippen LogP contribution in [0.5, 0.6) is 0 Å². The third kappa shape index (κ3) is 4.21. The molecule has 1 aromatic carbocycles. The summed E-state index contributed by atoms with van der Waals surface area (Å²) in [5.41, 5.74) is 0.889. The van der Waals surface area contributed by atoms with Crippen LogP contribution in [0.15, 0.2) is 46.0 Å². The molecule has 0 bridgehead atoms. The lowest BCUT2D eigenvalue weighted by molar-refractivity contribution is 0.102. The van der Waals surface area contributed by atoms with Crippen LogP contribution in [0, 0.1) is 5.92 Å². The van der Waals surface area contributed by atoms with Crippen molar-refractivity contribution in [2.75, 3.05) is 5.32 Å². The smallest absolute Gasteiger partial charge is 0.296 e. The van der Waals surface area contributed by atoms with Crippen molar-refractivity contribution in [1.29, 1.82) is 0 Å². The number of anilines is 1. The second kappa shape index (κ2) is 8.36. The summed E-state index contributed by atoms with van der Waals surface area (Å²) in [5.74, 6) is -0.104. The summed E-state index contributed by atoms with van der Waals surface area (Å²) in [6.45, 7) is 4.33. The van der Waals surface area contributed by atoms with E-state index in [0.717, 1.165) is 24.1 Å². The number of aromatic amines is 1. The molecule has 4 aromatic rings. The molecule has 1 amide bonds. The molecule has 1 aliphatic carbocycles. The van der Waals surface area contributed by atoms with E-state index >= 15 is 0 Å². The summed E-state index contributed by atoms with van der Waals surface area (Å²) in [6.07, 6.45) is 1.93. The molecular formula is C23H22N6O3S. The number of H-pyrrole nitrogens is 1. The average Bonchev–Trinajstić information content (AvgIpc) is 3.55. The third-order valence-electron chi connectivity index (χ3n) is 5.42. The van der Waals surface area contributed by atoms with E-state index < -0.39 is 17.2 Å². The van der Waals surface area contributed by atoms with Gasteiger partial charge in [0, 0.05) is 23.7 Å². The fourth-order valence-electron chi connectivity index (χ4n) is 3.73. The molecular weight excluding hydrogens is 440 g/mol. The first-order chi connectivity index (χ1) is 15.9. The first-order valence-electron chi connectivity index (χ1n) is 10.8. The van der Waals surface area contributed by atoms with Crippen molar-refractivity contribution in [2.45, 2.75) is 39.2 Å². The number of carbonyl (C=O) groups excluding carboxylic acids is 1. The Balaban J connectivity index is 1.58. The Morgan fingerprint density at radius 1 is 1.21 bits per heavy atom. The van der Waals surface area contributed by atoms with Crippen LogP contribution < -0.4 is 16.6 Å². The van der Waals surface area contributed by atoms with Crippen LogP contribution in [0.25, 0.3) is 21.6 Å². The largest absolute Gasteiger partial charge is 0.330 e. The van der Waals surface area contributed by atoms with E-state index in [1.165, 1.54) is 15.9 Å². The molecule has 1 saturated carbocycles. The molecule has 33 heavy (non-hydrogen) atoms. The quantitative estimate of drug-likeness (QED) is 0.453. The molecule has 0 saturated heterocycles. The summed E-state index contributed by atoms with van der Waals surface area (Å²) < 4.78 is 1.45. The van der Waals surface area contributed by atoms with Crippen LogP contribution in [0.4, 0.5) is 5.13 Å². The Labute approximate surface area is 192 Å². The number of hydrogen-bond acceptors (Lipinski definition) is 7. The molecule has 0 radical (unpaired) electrons. The first-order valence-corrected chi connectivity index (χ1v) is 11.6. The molecule has 1 fully saturated rings. The van der Waals surface area contributed by atoms with E-state index in [9.17, 15) is 14.4 Å². The van der Waals surface area contributed by atoms with Crippen LogP contribution >= 0.6 is 11.3 Å². The molecule has 9 nitrogen and oxygen atoms in total. The fourth-order valence-corrected chi connectivity index (χ4v) is 4.47. The lowest BCUT2D eigenvalue weighted by atomic mass is 10.1. The van der Waals surface area contributed by atoms with Gasteiger partial charge >= 0.3 is 5.69 Å². The lowest BCUT2D eigenvalue weighted by Gasteiger charge is -2.14. The molecule has 3 aromatic heterocycles. The van der Waals surface area contributed by atoms with Crippen LogP contribution in [0.2, 0.25) is 0 Å². The minimum atomic E-state index is -0.628. The average molecular weight is 463 g/mol. The zero-order valence-corrected chi connectivity index (χ0v) is 19.0. The summed E-state index contributed by atoms with van der Waals surface area (Å²) in [5, 5.41) is 12.1. The van der Waals surface area contributed by atoms with Crippen molar-refractivity contribution in [3.63, 3.8) is 0 Å². The lowest BCUT2D eigenvalue weighted by Crippen LogP contribution is -2.33. The maximum Gasteiger partial charge on any atom is 0.330 e. The summed E-state index contributed by atoms with van der Waals surface area (Å²) in [7, 11) is 0. The van der Waals surface area contributed by atoms with Crippen molar-refractivity contribution in [3.05, 3.63) is 68.5 Å². The summed E-state index contributed by atoms with van der Waals surface area (Å²) >= 11 is 1.24. The summed E-state index contributed by atoms with van der Waals surface area (Å²) in [4.78, 5) is 45.6. The summed E-state index contributed by atoms with van der Waals surface area (Å²) in [6, 6.07) is 11.2. The Kier molecular flexibility index (Phi) is 5.37. The molecule has 1 aliphatic rings. The van der Waals surface area contributed by atoms with Crippen LogP contribution in [-0.2, 0) is 6.54 Å². The topological polar surface area (TPSA) is 123 Å². The number of hydrogen-bond donors (Lipinski definition) is 2. The van der Waals surface area contributed by atoms with Crippen LogP contribution in [0.1, 0.15) is 48.7 Å². The highest BCUT2D eigenvalue weighted by Gasteiger charge is 2.29. The normalized spacial score (nSPS) is 13.5. The third-order valence-corrected chi connectivity index (χ3v) is 6.31. The zero-order valence-electron chi connectivity index (χ0n) is 18.2. The Bertz CT molecular complexity index is 1470. The fraction of sp³-hybridized carbons (Fsp3) is 0.304. The van der Waals surface area contributed by atoms with Gasteiger partial charge in [-0.15, -0.1) is 10.2 Å². The van der Waals surface area contributed by atoms with Gasteiger partial charge in [-0.1, -0.05) is 55.5 Å². The highest BCUT2D eigenvalue weighted by molar-refractivity contribution is 7.18. The standard InChI is InChI=1S/C23H22N6O3S/c1-12(2)11-29-18-17(20(31)26-23(29)32)15(10-16(24-18)13-8-9-13)19(30)25-22-28-27-21(33-22)14-6-4-3-5-7-14/h3-7,10,12-13H,8-9,11H2,1-2H3,(H,25,28,30)(H,26,31,32). The Morgan fingerprint density at radius 3 is 2.67 bits per heavy atom. The van der Waals surface area contributed by atoms with E-state index in [1.807, 2.05) is 44.2 Å². The van der Waals surface area contributed by atoms with Gasteiger partial charge in [0.2, 0.25) is 5.13 Å². The first kappa shape index (κ1) is 21.2. The number of carbonyl (C=O) groups is 1. The van der Waals surface area contributed by atoms with Gasteiger partial charge < -0.3 is 0 Å². The van der Waals surface area contributed by atoms with E-state index in [1.54, 1.807) is 6.07 Å². The van der Waals surface area contributed by atoms with Gasteiger partial charge in [0.05, 0.1) is 10.9 Å². The number of nitrogens with one attached hydrogen (secondary N) is 2. The van der Waals surface area contributed by atoms with E-state index in [-0.39, 0.29) is 28.4 Å². The molecule has 0 atom stereocenters. The van der Waals surface area contributed by atoms with Gasteiger partial charge in [0.25, 0.3) is 11.5 Å². The number of benzene rings is 1. The van der Waals surface area contributed by atoms with Gasteiger partial charge in [-0.3, -0.25) is 24.5 Å². The van der Waals surface area contributed by atoms with Gasteiger partial charge in [0.1, 0.15) is 5.01 Å². The minimum absolute atomic E-state index is 0.102. The molecule has 3 heterocycles. The Morgan fingerprint density at radius 2 is 1.97 bits per heavy atom. The number of fused-ring (bicyclic) bond motifs is 1. The maximum absolute atomic E-state index is 13.3. The van der Waals surface area contributed by atoms with Crippen molar-refractivity contribution >= 4 is 33.4 Å². The number of rotatable bonds is 6. The second-order valence-electron chi connectivity index (χ2n) is 8.56. The maximum atomic E-state index is 13.3. The predicted octanol–water partition coefficient (Wildman–Crippen LogP) is 3.39. The number of pyridine rings is 1. The molecule has 0 aliphatic heterocycles. The number of nitrogens with zero attached hydrogens (tertiary/aromatic N) is 4. The van der Waals surface area contributed by atoms with Gasteiger partial charge in [-0.25, -0.2) is 9.78 Å². The van der Waals surface area contributed by atoms with Crippen molar-refractivity contribution < 1.29 is 4.79 Å². The SMILES string of the molecule is CC(C)Cn1c(=O)[nH]c(=O)c2c(C(=O)Nc3nnc(-c4ccccc4)s3)cc(C3CC3)nc21.